The van der Waals surface area contributed by atoms with Crippen molar-refractivity contribution >= 4 is 41.6 Å². The fourth-order valence-electron chi connectivity index (χ4n) is 2.44. The summed E-state index contributed by atoms with van der Waals surface area (Å²) >= 11 is 17.5. The van der Waals surface area contributed by atoms with Crippen LogP contribution in [-0.2, 0) is 5.41 Å². The van der Waals surface area contributed by atoms with Crippen LogP contribution in [0.4, 0.5) is 0 Å². The Labute approximate surface area is 167 Å². The lowest BCUT2D eigenvalue weighted by atomic mass is 9.87. The van der Waals surface area contributed by atoms with Gasteiger partial charge in [-0.2, -0.15) is 14.9 Å². The molecule has 26 heavy (non-hydrogen) atoms. The lowest BCUT2D eigenvalue weighted by Gasteiger charge is -2.18. The van der Waals surface area contributed by atoms with Crippen LogP contribution in [0.2, 0.25) is 10.0 Å². The van der Waals surface area contributed by atoms with Gasteiger partial charge in [0, 0.05) is 10.6 Å². The Balaban J connectivity index is 1.95. The highest BCUT2D eigenvalue weighted by Gasteiger charge is 2.13. The second-order valence-electron chi connectivity index (χ2n) is 6.90. The van der Waals surface area contributed by atoms with Gasteiger partial charge in [0.1, 0.15) is 0 Å². The highest BCUT2D eigenvalue weighted by atomic mass is 35.5. The zero-order valence-electron chi connectivity index (χ0n) is 14.6. The largest absolute Gasteiger partial charge is 0.250 e. The van der Waals surface area contributed by atoms with Gasteiger partial charge in [-0.3, -0.25) is 0 Å². The van der Waals surface area contributed by atoms with E-state index in [2.05, 4.69) is 48.2 Å². The van der Waals surface area contributed by atoms with E-state index in [9.17, 15) is 0 Å². The van der Waals surface area contributed by atoms with E-state index in [-0.39, 0.29) is 5.41 Å². The van der Waals surface area contributed by atoms with E-state index in [1.165, 1.54) is 5.56 Å². The predicted molar refractivity (Wildman–Crippen MR) is 111 cm³/mol. The van der Waals surface area contributed by atoms with Gasteiger partial charge in [-0.1, -0.05) is 68.2 Å². The summed E-state index contributed by atoms with van der Waals surface area (Å²) in [7, 11) is 0. The maximum atomic E-state index is 6.28. The lowest BCUT2D eigenvalue weighted by Crippen LogP contribution is -2.10. The number of hydrogen-bond acceptors (Lipinski definition) is 3. The summed E-state index contributed by atoms with van der Waals surface area (Å²) in [5.74, 6) is 0.527. The maximum Gasteiger partial charge on any atom is 0.216 e. The first kappa shape index (κ1) is 18.8. The Bertz CT molecular complexity index is 1010. The van der Waals surface area contributed by atoms with Crippen molar-refractivity contribution in [1.82, 2.24) is 14.9 Å². The van der Waals surface area contributed by atoms with Gasteiger partial charge in [0.2, 0.25) is 4.77 Å². The molecule has 0 spiro atoms. The van der Waals surface area contributed by atoms with Crippen molar-refractivity contribution in [1.29, 1.82) is 0 Å². The average Bonchev–Trinajstić information content (AvgIpc) is 2.93. The van der Waals surface area contributed by atoms with Crippen molar-refractivity contribution in [2.45, 2.75) is 26.2 Å². The number of nitrogens with one attached hydrogen (secondary N) is 1. The number of hydrogen-bond donors (Lipinski definition) is 1. The minimum absolute atomic E-state index is 0.112. The summed E-state index contributed by atoms with van der Waals surface area (Å²) < 4.78 is 1.93. The Morgan fingerprint density at radius 1 is 1.12 bits per heavy atom. The number of nitrogens with zero attached hydrogens (tertiary/aromatic N) is 3. The number of aromatic nitrogens is 3. The summed E-state index contributed by atoms with van der Waals surface area (Å²) in [6, 6.07) is 13.5. The smallest absolute Gasteiger partial charge is 0.216 e. The number of halogens is 2. The minimum atomic E-state index is 0.112. The van der Waals surface area contributed by atoms with E-state index >= 15 is 0 Å². The molecule has 0 amide bonds. The summed E-state index contributed by atoms with van der Waals surface area (Å²) in [6.07, 6.45) is 1.74. The fourth-order valence-corrected chi connectivity index (χ4v) is 3.11. The lowest BCUT2D eigenvalue weighted by molar-refractivity contribution is 0.590. The molecule has 0 radical (unpaired) electrons. The van der Waals surface area contributed by atoms with Crippen molar-refractivity contribution in [3.05, 3.63) is 68.4 Å². The normalized spacial score (nSPS) is 12.0. The van der Waals surface area contributed by atoms with Gasteiger partial charge in [-0.15, -0.1) is 0 Å². The monoisotopic (exact) mass is 404 g/mol. The van der Waals surface area contributed by atoms with Crippen molar-refractivity contribution in [3.63, 3.8) is 0 Å². The highest BCUT2D eigenvalue weighted by molar-refractivity contribution is 7.71. The first-order valence-electron chi connectivity index (χ1n) is 8.03. The van der Waals surface area contributed by atoms with E-state index in [1.54, 1.807) is 29.1 Å². The fraction of sp³-hybridized carbons (Fsp3) is 0.211. The summed E-state index contributed by atoms with van der Waals surface area (Å²) in [6.45, 7) is 6.55. The number of aromatic amines is 1. The summed E-state index contributed by atoms with van der Waals surface area (Å²) in [5, 5.41) is 12.5. The molecule has 1 N–H and O–H groups in total. The van der Waals surface area contributed by atoms with Crippen LogP contribution in [0.25, 0.3) is 11.4 Å². The molecule has 1 heterocycles. The molecule has 0 aliphatic carbocycles. The maximum absolute atomic E-state index is 6.28. The van der Waals surface area contributed by atoms with E-state index in [0.29, 0.717) is 26.2 Å². The van der Waals surface area contributed by atoms with Gasteiger partial charge in [0.05, 0.1) is 11.2 Å². The van der Waals surface area contributed by atoms with Crippen LogP contribution in [0.3, 0.4) is 0 Å². The molecule has 0 aliphatic rings. The van der Waals surface area contributed by atoms with E-state index < -0.39 is 0 Å². The zero-order chi connectivity index (χ0) is 18.9. The van der Waals surface area contributed by atoms with Crippen LogP contribution in [0.1, 0.15) is 31.9 Å². The molecule has 1 aromatic heterocycles. The molecule has 0 fully saturated rings. The molecule has 7 heteroatoms. The third kappa shape index (κ3) is 4.06. The van der Waals surface area contributed by atoms with Crippen LogP contribution < -0.4 is 0 Å². The quantitative estimate of drug-likeness (QED) is 0.423. The van der Waals surface area contributed by atoms with Gasteiger partial charge in [0.15, 0.2) is 5.82 Å². The minimum Gasteiger partial charge on any atom is -0.250 e. The van der Waals surface area contributed by atoms with E-state index in [0.717, 1.165) is 5.56 Å². The molecule has 134 valence electrons. The Kier molecular flexibility index (Phi) is 5.32. The molecular formula is C19H18Cl2N4S. The van der Waals surface area contributed by atoms with Gasteiger partial charge < -0.3 is 0 Å². The second kappa shape index (κ2) is 7.35. The second-order valence-corrected chi connectivity index (χ2v) is 8.14. The first-order valence-corrected chi connectivity index (χ1v) is 9.20. The molecular weight excluding hydrogens is 387 g/mol. The molecule has 0 saturated heterocycles. The molecule has 4 nitrogen and oxygen atoms in total. The van der Waals surface area contributed by atoms with Crippen molar-refractivity contribution in [2.24, 2.45) is 5.10 Å². The molecule has 3 aromatic rings. The van der Waals surface area contributed by atoms with Gasteiger partial charge in [-0.25, -0.2) is 5.10 Å². The molecule has 0 atom stereocenters. The van der Waals surface area contributed by atoms with Crippen LogP contribution in [0.15, 0.2) is 47.6 Å². The van der Waals surface area contributed by atoms with Crippen LogP contribution in [-0.4, -0.2) is 21.1 Å². The molecule has 2 aromatic carbocycles. The Morgan fingerprint density at radius 2 is 1.81 bits per heavy atom. The van der Waals surface area contributed by atoms with Gasteiger partial charge in [0.25, 0.3) is 0 Å². The van der Waals surface area contributed by atoms with Crippen molar-refractivity contribution < 1.29 is 0 Å². The third-order valence-electron chi connectivity index (χ3n) is 3.92. The third-order valence-corrected chi connectivity index (χ3v) is 4.73. The van der Waals surface area contributed by atoms with Crippen LogP contribution in [0, 0.1) is 4.77 Å². The SMILES string of the molecule is CC(C)(C)c1ccc(/C=N\n2c(-c3ccc(Cl)cc3Cl)n[nH]c2=S)cc1. The zero-order valence-corrected chi connectivity index (χ0v) is 17.0. The topological polar surface area (TPSA) is 46.0 Å². The van der Waals surface area contributed by atoms with E-state index in [4.69, 9.17) is 35.4 Å². The van der Waals surface area contributed by atoms with Crippen molar-refractivity contribution in [3.8, 4) is 11.4 Å². The number of H-pyrrole nitrogens is 1. The Morgan fingerprint density at radius 3 is 2.42 bits per heavy atom. The first-order chi connectivity index (χ1) is 12.3. The average molecular weight is 405 g/mol. The van der Waals surface area contributed by atoms with Gasteiger partial charge in [-0.05, 0) is 47.0 Å². The highest BCUT2D eigenvalue weighted by Crippen LogP contribution is 2.29. The van der Waals surface area contributed by atoms with Crippen LogP contribution >= 0.6 is 35.4 Å². The number of rotatable bonds is 3. The summed E-state index contributed by atoms with van der Waals surface area (Å²) in [4.78, 5) is 0. The molecule has 3 rings (SSSR count). The number of benzene rings is 2. The molecule has 0 unspecified atom stereocenters. The Hall–Kier alpha value is -1.95. The molecule has 0 bridgehead atoms. The summed E-state index contributed by atoms with van der Waals surface area (Å²) in [5.41, 5.74) is 3.04. The van der Waals surface area contributed by atoms with Gasteiger partial charge >= 0.3 is 0 Å². The van der Waals surface area contributed by atoms with Crippen molar-refractivity contribution in [2.75, 3.05) is 0 Å². The standard InChI is InChI=1S/C19H18Cl2N4S/c1-19(2,3)13-6-4-12(5-7-13)11-22-25-17(23-24-18(25)26)15-9-8-14(20)10-16(15)21/h4-11H,1-3H3,(H,24,26)/b22-11-. The molecule has 0 saturated carbocycles. The van der Waals surface area contributed by atoms with Crippen LogP contribution in [0.5, 0.6) is 0 Å². The molecule has 0 aliphatic heterocycles. The predicted octanol–water partition coefficient (Wildman–Crippen LogP) is 6.09. The van der Waals surface area contributed by atoms with E-state index in [1.807, 2.05) is 12.1 Å².